The minimum absolute atomic E-state index is 0.0778. The monoisotopic (exact) mass is 287 g/mol. The molecule has 0 spiro atoms. The van der Waals surface area contributed by atoms with Crippen molar-refractivity contribution in [1.82, 2.24) is 15.1 Å². The molecule has 5 heteroatoms. The summed E-state index contributed by atoms with van der Waals surface area (Å²) in [5.74, 6) is 0.760. The van der Waals surface area contributed by atoms with Crippen LogP contribution < -0.4 is 10.1 Å². The first-order valence-corrected chi connectivity index (χ1v) is 7.09. The molecule has 0 aliphatic rings. The van der Waals surface area contributed by atoms with E-state index in [2.05, 4.69) is 10.4 Å². The number of carbonyl (C=O) groups excluding carboxylic acids is 1. The Morgan fingerprint density at radius 3 is 2.67 bits per heavy atom. The Labute approximate surface area is 124 Å². The fourth-order valence-corrected chi connectivity index (χ4v) is 2.17. The van der Waals surface area contributed by atoms with Crippen molar-refractivity contribution >= 4 is 5.91 Å². The molecule has 0 atom stereocenters. The molecule has 1 amide bonds. The lowest BCUT2D eigenvalue weighted by Crippen LogP contribution is -2.28. The van der Waals surface area contributed by atoms with Gasteiger partial charge in [0.05, 0.1) is 12.8 Å². The largest absolute Gasteiger partial charge is 0.497 e. The number of aryl methyl sites for hydroxylation is 2. The number of carbonyl (C=O) groups is 1. The second-order valence-corrected chi connectivity index (χ2v) is 4.84. The Hall–Kier alpha value is -2.30. The zero-order valence-electron chi connectivity index (χ0n) is 12.7. The van der Waals surface area contributed by atoms with Crippen molar-refractivity contribution in [2.24, 2.45) is 0 Å². The lowest BCUT2D eigenvalue weighted by molar-refractivity contribution is 0.0943. The van der Waals surface area contributed by atoms with Crippen LogP contribution in [0.25, 0.3) is 0 Å². The van der Waals surface area contributed by atoms with Crippen molar-refractivity contribution in [2.75, 3.05) is 13.7 Å². The molecular weight excluding hydrogens is 266 g/mol. The van der Waals surface area contributed by atoms with E-state index in [4.69, 9.17) is 4.74 Å². The quantitative estimate of drug-likeness (QED) is 0.886. The highest BCUT2D eigenvalue weighted by molar-refractivity contribution is 5.92. The van der Waals surface area contributed by atoms with Crippen LogP contribution in [-0.2, 0) is 13.0 Å². The first-order chi connectivity index (χ1) is 10.1. The summed E-state index contributed by atoms with van der Waals surface area (Å²) in [4.78, 5) is 12.1. The maximum Gasteiger partial charge on any atom is 0.269 e. The number of ether oxygens (including phenoxy) is 1. The standard InChI is InChI=1S/C16H21N3O2/c1-4-19-15(11-12(2)18-19)16(20)17-10-9-13-5-7-14(21-3)8-6-13/h5-8,11H,4,9-10H2,1-3H3,(H,17,20). The highest BCUT2D eigenvalue weighted by Gasteiger charge is 2.12. The van der Waals surface area contributed by atoms with E-state index in [0.717, 1.165) is 23.4 Å². The van der Waals surface area contributed by atoms with Crippen LogP contribution in [0, 0.1) is 6.92 Å². The molecule has 2 rings (SSSR count). The molecule has 1 aromatic heterocycles. The molecule has 0 bridgehead atoms. The predicted octanol–water partition coefficient (Wildman–Crippen LogP) is 2.19. The molecule has 21 heavy (non-hydrogen) atoms. The number of amides is 1. The number of aromatic nitrogens is 2. The molecule has 5 nitrogen and oxygen atoms in total. The average molecular weight is 287 g/mol. The van der Waals surface area contributed by atoms with Crippen molar-refractivity contribution in [3.05, 3.63) is 47.3 Å². The van der Waals surface area contributed by atoms with Gasteiger partial charge in [-0.2, -0.15) is 5.10 Å². The number of methoxy groups -OCH3 is 1. The highest BCUT2D eigenvalue weighted by atomic mass is 16.5. The van der Waals surface area contributed by atoms with E-state index < -0.39 is 0 Å². The van der Waals surface area contributed by atoms with Gasteiger partial charge in [-0.25, -0.2) is 0 Å². The Kier molecular flexibility index (Phi) is 4.98. The van der Waals surface area contributed by atoms with E-state index in [9.17, 15) is 4.79 Å². The van der Waals surface area contributed by atoms with Crippen LogP contribution in [0.4, 0.5) is 0 Å². The fraction of sp³-hybridized carbons (Fsp3) is 0.375. The molecule has 0 unspecified atom stereocenters. The minimum atomic E-state index is -0.0778. The van der Waals surface area contributed by atoms with Gasteiger partial charge in [0.25, 0.3) is 5.91 Å². The third-order valence-corrected chi connectivity index (χ3v) is 3.29. The zero-order chi connectivity index (χ0) is 15.2. The van der Waals surface area contributed by atoms with Crippen LogP contribution in [0.1, 0.15) is 28.7 Å². The summed E-state index contributed by atoms with van der Waals surface area (Å²) in [6, 6.07) is 9.67. The lowest BCUT2D eigenvalue weighted by atomic mass is 10.1. The molecule has 1 aromatic carbocycles. The molecule has 112 valence electrons. The summed E-state index contributed by atoms with van der Waals surface area (Å²) < 4.78 is 6.84. The average Bonchev–Trinajstić information content (AvgIpc) is 2.89. The van der Waals surface area contributed by atoms with E-state index in [-0.39, 0.29) is 5.91 Å². The van der Waals surface area contributed by atoms with Crippen LogP contribution >= 0.6 is 0 Å². The molecule has 0 fully saturated rings. The molecule has 0 saturated carbocycles. The van der Waals surface area contributed by atoms with E-state index in [1.807, 2.05) is 44.2 Å². The van der Waals surface area contributed by atoms with E-state index >= 15 is 0 Å². The fourth-order valence-electron chi connectivity index (χ4n) is 2.17. The first kappa shape index (κ1) is 15.1. The van der Waals surface area contributed by atoms with Gasteiger partial charge in [-0.3, -0.25) is 9.48 Å². The molecule has 2 aromatic rings. The zero-order valence-corrected chi connectivity index (χ0v) is 12.7. The summed E-state index contributed by atoms with van der Waals surface area (Å²) in [5, 5.41) is 7.21. The Morgan fingerprint density at radius 2 is 2.05 bits per heavy atom. The predicted molar refractivity (Wildman–Crippen MR) is 81.7 cm³/mol. The number of benzene rings is 1. The molecule has 1 heterocycles. The minimum Gasteiger partial charge on any atom is -0.497 e. The Morgan fingerprint density at radius 1 is 1.33 bits per heavy atom. The second-order valence-electron chi connectivity index (χ2n) is 4.84. The summed E-state index contributed by atoms with van der Waals surface area (Å²) >= 11 is 0. The van der Waals surface area contributed by atoms with Gasteiger partial charge in [0.1, 0.15) is 11.4 Å². The molecule has 0 aliphatic carbocycles. The smallest absolute Gasteiger partial charge is 0.269 e. The van der Waals surface area contributed by atoms with Crippen molar-refractivity contribution < 1.29 is 9.53 Å². The van der Waals surface area contributed by atoms with Crippen LogP contribution in [0.2, 0.25) is 0 Å². The summed E-state index contributed by atoms with van der Waals surface area (Å²) in [6.45, 7) is 5.15. The molecular formula is C16H21N3O2. The normalized spacial score (nSPS) is 10.4. The van der Waals surface area contributed by atoms with E-state index in [1.165, 1.54) is 0 Å². The molecule has 0 saturated heterocycles. The van der Waals surface area contributed by atoms with Crippen molar-refractivity contribution in [1.29, 1.82) is 0 Å². The van der Waals surface area contributed by atoms with Crippen molar-refractivity contribution in [3.63, 3.8) is 0 Å². The van der Waals surface area contributed by atoms with Gasteiger partial charge in [0, 0.05) is 13.1 Å². The molecule has 0 radical (unpaired) electrons. The summed E-state index contributed by atoms with van der Waals surface area (Å²) in [6.07, 6.45) is 0.787. The van der Waals surface area contributed by atoms with Gasteiger partial charge in [-0.1, -0.05) is 12.1 Å². The van der Waals surface area contributed by atoms with Gasteiger partial charge in [-0.05, 0) is 44.0 Å². The SMILES string of the molecule is CCn1nc(C)cc1C(=O)NCCc1ccc(OC)cc1. The van der Waals surface area contributed by atoms with Gasteiger partial charge in [-0.15, -0.1) is 0 Å². The van der Waals surface area contributed by atoms with Gasteiger partial charge >= 0.3 is 0 Å². The topological polar surface area (TPSA) is 56.2 Å². The summed E-state index contributed by atoms with van der Waals surface area (Å²) in [5.41, 5.74) is 2.64. The maximum atomic E-state index is 12.1. The number of rotatable bonds is 6. The van der Waals surface area contributed by atoms with Crippen molar-refractivity contribution in [3.8, 4) is 5.75 Å². The van der Waals surface area contributed by atoms with Gasteiger partial charge in [0.15, 0.2) is 0 Å². The molecule has 0 aliphatic heterocycles. The van der Waals surface area contributed by atoms with Gasteiger partial charge in [0.2, 0.25) is 0 Å². The van der Waals surface area contributed by atoms with Crippen LogP contribution in [0.3, 0.4) is 0 Å². The summed E-state index contributed by atoms with van der Waals surface area (Å²) in [7, 11) is 1.65. The number of nitrogens with one attached hydrogen (secondary N) is 1. The number of nitrogens with zero attached hydrogens (tertiary/aromatic N) is 2. The maximum absolute atomic E-state index is 12.1. The van der Waals surface area contributed by atoms with Crippen LogP contribution in [-0.4, -0.2) is 29.3 Å². The third kappa shape index (κ3) is 3.84. The number of hydrogen-bond donors (Lipinski definition) is 1. The van der Waals surface area contributed by atoms with Gasteiger partial charge < -0.3 is 10.1 Å². The lowest BCUT2D eigenvalue weighted by Gasteiger charge is -2.07. The van der Waals surface area contributed by atoms with Crippen LogP contribution in [0.5, 0.6) is 5.75 Å². The second kappa shape index (κ2) is 6.92. The Bertz CT molecular complexity index is 602. The highest BCUT2D eigenvalue weighted by Crippen LogP contribution is 2.11. The first-order valence-electron chi connectivity index (χ1n) is 7.09. The van der Waals surface area contributed by atoms with E-state index in [0.29, 0.717) is 18.8 Å². The van der Waals surface area contributed by atoms with E-state index in [1.54, 1.807) is 11.8 Å². The number of hydrogen-bond acceptors (Lipinski definition) is 3. The third-order valence-electron chi connectivity index (χ3n) is 3.29. The van der Waals surface area contributed by atoms with Crippen molar-refractivity contribution in [2.45, 2.75) is 26.8 Å². The molecule has 1 N–H and O–H groups in total. The Balaban J connectivity index is 1.88. The van der Waals surface area contributed by atoms with Crippen LogP contribution in [0.15, 0.2) is 30.3 Å².